The highest BCUT2D eigenvalue weighted by Crippen LogP contribution is 2.16. The third kappa shape index (κ3) is 3.11. The van der Waals surface area contributed by atoms with Crippen LogP contribution < -0.4 is 10.0 Å². The molecule has 0 fully saturated rings. The van der Waals surface area contributed by atoms with Gasteiger partial charge in [-0.15, -0.1) is 0 Å². The predicted octanol–water partition coefficient (Wildman–Crippen LogP) is 1.19. The number of nitrogens with zero attached hydrogens (tertiary/aromatic N) is 1. The first-order valence-electron chi connectivity index (χ1n) is 6.21. The van der Waals surface area contributed by atoms with Gasteiger partial charge in [-0.1, -0.05) is 0 Å². The average Bonchev–Trinajstić information content (AvgIpc) is 2.78. The SMILES string of the molecule is CNS(=O)(=O)c1ccc(NC(=O)c2c(C)n[nH]c2C)cc1. The zero-order valence-corrected chi connectivity index (χ0v) is 12.7. The molecule has 112 valence electrons. The van der Waals surface area contributed by atoms with Gasteiger partial charge in [0.2, 0.25) is 10.0 Å². The van der Waals surface area contributed by atoms with E-state index in [2.05, 4.69) is 20.2 Å². The summed E-state index contributed by atoms with van der Waals surface area (Å²) in [7, 11) is -2.14. The lowest BCUT2D eigenvalue weighted by molar-refractivity contribution is 0.102. The molecule has 0 saturated carbocycles. The number of H-pyrrole nitrogens is 1. The molecule has 0 radical (unpaired) electrons. The van der Waals surface area contributed by atoms with Crippen LogP contribution in [0.4, 0.5) is 5.69 Å². The van der Waals surface area contributed by atoms with Crippen molar-refractivity contribution >= 4 is 21.6 Å². The van der Waals surface area contributed by atoms with E-state index in [4.69, 9.17) is 0 Å². The molecule has 1 aromatic heterocycles. The molecule has 21 heavy (non-hydrogen) atoms. The highest BCUT2D eigenvalue weighted by Gasteiger charge is 2.16. The Labute approximate surface area is 122 Å². The van der Waals surface area contributed by atoms with E-state index in [-0.39, 0.29) is 10.8 Å². The molecule has 7 nitrogen and oxygen atoms in total. The van der Waals surface area contributed by atoms with Gasteiger partial charge in [0.1, 0.15) is 0 Å². The van der Waals surface area contributed by atoms with Gasteiger partial charge in [0.15, 0.2) is 0 Å². The van der Waals surface area contributed by atoms with E-state index in [0.717, 1.165) is 0 Å². The lowest BCUT2D eigenvalue weighted by Gasteiger charge is -2.07. The maximum absolute atomic E-state index is 12.2. The van der Waals surface area contributed by atoms with Crippen LogP contribution in [0.2, 0.25) is 0 Å². The number of nitrogens with one attached hydrogen (secondary N) is 3. The molecule has 1 amide bonds. The number of sulfonamides is 1. The Morgan fingerprint density at radius 3 is 2.29 bits per heavy atom. The molecule has 0 bridgehead atoms. The number of aromatic amines is 1. The van der Waals surface area contributed by atoms with Crippen LogP contribution in [0.5, 0.6) is 0 Å². The second-order valence-electron chi connectivity index (χ2n) is 4.50. The van der Waals surface area contributed by atoms with Crippen LogP contribution in [-0.2, 0) is 10.0 Å². The van der Waals surface area contributed by atoms with Crippen LogP contribution in [-0.4, -0.2) is 31.6 Å². The molecule has 0 atom stereocenters. The molecule has 0 aliphatic carbocycles. The van der Waals surface area contributed by atoms with Gasteiger partial charge in [0, 0.05) is 11.4 Å². The quantitative estimate of drug-likeness (QED) is 0.789. The second kappa shape index (κ2) is 5.66. The average molecular weight is 308 g/mol. The maximum Gasteiger partial charge on any atom is 0.259 e. The molecule has 3 N–H and O–H groups in total. The predicted molar refractivity (Wildman–Crippen MR) is 78.7 cm³/mol. The monoisotopic (exact) mass is 308 g/mol. The van der Waals surface area contributed by atoms with E-state index < -0.39 is 10.0 Å². The summed E-state index contributed by atoms with van der Waals surface area (Å²) in [6.45, 7) is 3.50. The zero-order valence-electron chi connectivity index (χ0n) is 11.9. The summed E-state index contributed by atoms with van der Waals surface area (Å²) in [6.07, 6.45) is 0. The molecule has 2 rings (SSSR count). The van der Waals surface area contributed by atoms with Crippen LogP contribution in [0, 0.1) is 13.8 Å². The van der Waals surface area contributed by atoms with Gasteiger partial charge in [-0.2, -0.15) is 5.10 Å². The Bertz CT molecular complexity index is 744. The van der Waals surface area contributed by atoms with Crippen molar-refractivity contribution in [1.29, 1.82) is 0 Å². The molecule has 8 heteroatoms. The first-order chi connectivity index (χ1) is 9.85. The number of benzene rings is 1. The fourth-order valence-corrected chi connectivity index (χ4v) is 2.64. The van der Waals surface area contributed by atoms with Crippen molar-refractivity contribution in [3.63, 3.8) is 0 Å². The minimum Gasteiger partial charge on any atom is -0.322 e. The molecule has 1 aromatic carbocycles. The van der Waals surface area contributed by atoms with Gasteiger partial charge in [-0.05, 0) is 45.2 Å². The number of aryl methyl sites for hydroxylation is 2. The largest absolute Gasteiger partial charge is 0.322 e. The van der Waals surface area contributed by atoms with Gasteiger partial charge < -0.3 is 5.32 Å². The van der Waals surface area contributed by atoms with E-state index in [0.29, 0.717) is 22.6 Å². The zero-order chi connectivity index (χ0) is 15.6. The first-order valence-corrected chi connectivity index (χ1v) is 7.70. The standard InChI is InChI=1S/C13H16N4O3S/c1-8-12(9(2)17-16-8)13(18)15-10-4-6-11(7-5-10)21(19,20)14-3/h4-7,14H,1-3H3,(H,15,18)(H,16,17). The number of rotatable bonds is 4. The molecule has 0 saturated heterocycles. The summed E-state index contributed by atoms with van der Waals surface area (Å²) >= 11 is 0. The number of anilines is 1. The van der Waals surface area contributed by atoms with E-state index in [1.807, 2.05) is 0 Å². The second-order valence-corrected chi connectivity index (χ2v) is 6.38. The topological polar surface area (TPSA) is 104 Å². The van der Waals surface area contributed by atoms with Crippen LogP contribution in [0.15, 0.2) is 29.2 Å². The Morgan fingerprint density at radius 1 is 1.19 bits per heavy atom. The minimum absolute atomic E-state index is 0.138. The molecule has 2 aromatic rings. The van der Waals surface area contributed by atoms with Crippen LogP contribution in [0.1, 0.15) is 21.7 Å². The number of carbonyl (C=O) groups is 1. The summed E-state index contributed by atoms with van der Waals surface area (Å²) in [5, 5.41) is 9.41. The van der Waals surface area contributed by atoms with Crippen molar-refractivity contribution in [2.75, 3.05) is 12.4 Å². The summed E-state index contributed by atoms with van der Waals surface area (Å²) in [6, 6.07) is 5.92. The number of carbonyl (C=O) groups excluding carboxylic acids is 1. The molecule has 1 heterocycles. The van der Waals surface area contributed by atoms with Gasteiger partial charge in [-0.25, -0.2) is 13.1 Å². The summed E-state index contributed by atoms with van der Waals surface area (Å²) in [5.41, 5.74) is 2.29. The highest BCUT2D eigenvalue weighted by molar-refractivity contribution is 7.89. The van der Waals surface area contributed by atoms with Crippen molar-refractivity contribution in [2.45, 2.75) is 18.7 Å². The molecule has 0 spiro atoms. The third-order valence-electron chi connectivity index (χ3n) is 3.05. The fourth-order valence-electron chi connectivity index (χ4n) is 1.91. The van der Waals surface area contributed by atoms with Gasteiger partial charge in [0.05, 0.1) is 16.2 Å². The maximum atomic E-state index is 12.2. The first kappa shape index (κ1) is 15.2. The summed E-state index contributed by atoms with van der Waals surface area (Å²) < 4.78 is 25.4. The Kier molecular flexibility index (Phi) is 4.10. The number of hydrogen-bond donors (Lipinski definition) is 3. The Morgan fingerprint density at radius 2 is 1.81 bits per heavy atom. The Hall–Kier alpha value is -2.19. The number of amides is 1. The molecular formula is C13H16N4O3S. The van der Waals surface area contributed by atoms with E-state index in [9.17, 15) is 13.2 Å². The van der Waals surface area contributed by atoms with E-state index >= 15 is 0 Å². The normalized spacial score (nSPS) is 11.4. The molecule has 0 aliphatic heterocycles. The number of aromatic nitrogens is 2. The van der Waals surface area contributed by atoms with Crippen molar-refractivity contribution in [2.24, 2.45) is 0 Å². The molecule has 0 aliphatic rings. The summed E-state index contributed by atoms with van der Waals surface area (Å²) in [5.74, 6) is -0.289. The highest BCUT2D eigenvalue weighted by atomic mass is 32.2. The van der Waals surface area contributed by atoms with Crippen LogP contribution in [0.25, 0.3) is 0 Å². The Balaban J connectivity index is 2.20. The molecular weight excluding hydrogens is 292 g/mol. The van der Waals surface area contributed by atoms with Crippen LogP contribution >= 0.6 is 0 Å². The van der Waals surface area contributed by atoms with Gasteiger partial charge in [-0.3, -0.25) is 9.89 Å². The van der Waals surface area contributed by atoms with Crippen molar-refractivity contribution in [3.8, 4) is 0 Å². The van der Waals surface area contributed by atoms with Crippen molar-refractivity contribution in [3.05, 3.63) is 41.2 Å². The smallest absolute Gasteiger partial charge is 0.259 e. The van der Waals surface area contributed by atoms with Crippen molar-refractivity contribution in [1.82, 2.24) is 14.9 Å². The van der Waals surface area contributed by atoms with Crippen LogP contribution in [0.3, 0.4) is 0 Å². The lowest BCUT2D eigenvalue weighted by Crippen LogP contribution is -2.18. The van der Waals surface area contributed by atoms with Gasteiger partial charge >= 0.3 is 0 Å². The van der Waals surface area contributed by atoms with Gasteiger partial charge in [0.25, 0.3) is 5.91 Å². The minimum atomic E-state index is -3.48. The van der Waals surface area contributed by atoms with E-state index in [1.165, 1.54) is 31.3 Å². The molecule has 0 unspecified atom stereocenters. The van der Waals surface area contributed by atoms with E-state index in [1.54, 1.807) is 13.8 Å². The number of hydrogen-bond acceptors (Lipinski definition) is 4. The lowest BCUT2D eigenvalue weighted by atomic mass is 10.2. The summed E-state index contributed by atoms with van der Waals surface area (Å²) in [4.78, 5) is 12.3. The fraction of sp³-hybridized carbons (Fsp3) is 0.231. The third-order valence-corrected chi connectivity index (χ3v) is 4.48. The van der Waals surface area contributed by atoms with Crippen molar-refractivity contribution < 1.29 is 13.2 Å².